The van der Waals surface area contributed by atoms with Gasteiger partial charge in [-0.25, -0.2) is 4.39 Å². The Labute approximate surface area is 199 Å². The lowest BCUT2D eigenvalue weighted by atomic mass is 10.0. The van der Waals surface area contributed by atoms with Crippen LogP contribution in [0.1, 0.15) is 49.4 Å². The average molecular weight is 461 g/mol. The van der Waals surface area contributed by atoms with E-state index in [2.05, 4.69) is 12.2 Å². The average Bonchev–Trinajstić information content (AvgIpc) is 2.98. The number of fused-ring (bicyclic) bond motifs is 1. The number of hydrogen-bond acceptors (Lipinski definition) is 3. The van der Waals surface area contributed by atoms with E-state index in [4.69, 9.17) is 4.74 Å². The molecule has 2 atom stereocenters. The third kappa shape index (κ3) is 5.28. The Morgan fingerprint density at radius 1 is 1.09 bits per heavy atom. The van der Waals surface area contributed by atoms with Gasteiger partial charge in [0.2, 0.25) is 5.91 Å². The lowest BCUT2D eigenvalue weighted by Crippen LogP contribution is -2.41. The van der Waals surface area contributed by atoms with Gasteiger partial charge in [0, 0.05) is 11.3 Å². The van der Waals surface area contributed by atoms with Crippen molar-refractivity contribution >= 4 is 17.5 Å². The molecule has 1 N–H and O–H groups in total. The van der Waals surface area contributed by atoms with E-state index in [1.54, 1.807) is 18.2 Å². The third-order valence-corrected chi connectivity index (χ3v) is 6.11. The summed E-state index contributed by atoms with van der Waals surface area (Å²) in [6.45, 7) is 4.41. The summed E-state index contributed by atoms with van der Waals surface area (Å²) in [5.74, 6) is 0.0925. The molecule has 0 spiro atoms. The number of halogens is 1. The van der Waals surface area contributed by atoms with Crippen LogP contribution in [-0.4, -0.2) is 22.8 Å². The fraction of sp³-hybridized carbons (Fsp3) is 0.286. The molecule has 34 heavy (non-hydrogen) atoms. The molecular formula is C28H29FN2O3. The summed E-state index contributed by atoms with van der Waals surface area (Å²) in [7, 11) is 0. The van der Waals surface area contributed by atoms with Gasteiger partial charge in [-0.05, 0) is 54.3 Å². The van der Waals surface area contributed by atoms with Crippen molar-refractivity contribution in [1.82, 2.24) is 4.90 Å². The minimum atomic E-state index is -0.557. The number of hydrogen-bond donors (Lipinski definition) is 1. The zero-order valence-electron chi connectivity index (χ0n) is 19.5. The highest BCUT2D eigenvalue weighted by Crippen LogP contribution is 2.34. The molecule has 3 aromatic rings. The summed E-state index contributed by atoms with van der Waals surface area (Å²) in [4.78, 5) is 27.9. The molecule has 0 saturated heterocycles. The van der Waals surface area contributed by atoms with Crippen molar-refractivity contribution in [3.05, 3.63) is 95.3 Å². The van der Waals surface area contributed by atoms with Gasteiger partial charge in [-0.1, -0.05) is 56.3 Å². The number of rotatable bonds is 7. The molecule has 0 saturated carbocycles. The zero-order valence-corrected chi connectivity index (χ0v) is 19.5. The lowest BCUT2D eigenvalue weighted by Gasteiger charge is -2.32. The first kappa shape index (κ1) is 23.5. The van der Waals surface area contributed by atoms with Crippen LogP contribution in [0.3, 0.4) is 0 Å². The highest BCUT2D eigenvalue weighted by molar-refractivity contribution is 5.92. The lowest BCUT2D eigenvalue weighted by molar-refractivity contribution is -0.141. The molecule has 0 fully saturated rings. The van der Waals surface area contributed by atoms with Gasteiger partial charge in [0.15, 0.2) is 6.10 Å². The fourth-order valence-corrected chi connectivity index (χ4v) is 4.37. The van der Waals surface area contributed by atoms with Gasteiger partial charge < -0.3 is 15.0 Å². The van der Waals surface area contributed by atoms with Crippen molar-refractivity contribution < 1.29 is 18.7 Å². The Kier molecular flexibility index (Phi) is 7.26. The van der Waals surface area contributed by atoms with E-state index in [0.29, 0.717) is 24.4 Å². The van der Waals surface area contributed by atoms with Gasteiger partial charge >= 0.3 is 0 Å². The van der Waals surface area contributed by atoms with Crippen LogP contribution in [0.5, 0.6) is 5.75 Å². The molecule has 1 aliphatic rings. The minimum Gasteiger partial charge on any atom is -0.480 e. The maximum atomic E-state index is 13.4. The van der Waals surface area contributed by atoms with Crippen LogP contribution in [0.4, 0.5) is 10.1 Å². The number of amides is 2. The van der Waals surface area contributed by atoms with Crippen molar-refractivity contribution in [2.75, 3.05) is 5.32 Å². The summed E-state index contributed by atoms with van der Waals surface area (Å²) >= 11 is 0. The van der Waals surface area contributed by atoms with Gasteiger partial charge in [0.25, 0.3) is 5.91 Å². The second kappa shape index (κ2) is 10.5. The molecule has 5 nitrogen and oxygen atoms in total. The molecular weight excluding hydrogens is 431 g/mol. The second-order valence-corrected chi connectivity index (χ2v) is 8.49. The molecule has 2 amide bonds. The Morgan fingerprint density at radius 2 is 1.82 bits per heavy atom. The Hall–Kier alpha value is -3.67. The molecule has 3 aromatic carbocycles. The predicted octanol–water partition coefficient (Wildman–Crippen LogP) is 5.66. The Bertz CT molecular complexity index is 1150. The highest BCUT2D eigenvalue weighted by Gasteiger charge is 2.34. The summed E-state index contributed by atoms with van der Waals surface area (Å²) in [6.07, 6.45) is 0.923. The SMILES string of the molecule is CC[C@@H]1Oc2ccc(NC(=O)Cc3ccc(F)cc3)cc2CN([C@H](CC)c2ccccc2)C1=O. The summed E-state index contributed by atoms with van der Waals surface area (Å²) in [5, 5.41) is 2.91. The van der Waals surface area contributed by atoms with Gasteiger partial charge in [0.1, 0.15) is 11.6 Å². The number of anilines is 1. The summed E-state index contributed by atoms with van der Waals surface area (Å²) < 4.78 is 19.2. The van der Waals surface area contributed by atoms with Crippen LogP contribution in [0.2, 0.25) is 0 Å². The molecule has 1 heterocycles. The van der Waals surface area contributed by atoms with E-state index in [1.807, 2.05) is 54.3 Å². The fourth-order valence-electron chi connectivity index (χ4n) is 4.37. The van der Waals surface area contributed by atoms with Gasteiger partial charge in [-0.2, -0.15) is 0 Å². The number of carbonyl (C=O) groups is 2. The predicted molar refractivity (Wildman–Crippen MR) is 130 cm³/mol. The van der Waals surface area contributed by atoms with Crippen molar-refractivity contribution in [3.63, 3.8) is 0 Å². The van der Waals surface area contributed by atoms with Gasteiger partial charge in [0.05, 0.1) is 19.0 Å². The van der Waals surface area contributed by atoms with E-state index in [0.717, 1.165) is 23.1 Å². The molecule has 4 rings (SSSR count). The monoisotopic (exact) mass is 460 g/mol. The van der Waals surface area contributed by atoms with E-state index in [9.17, 15) is 14.0 Å². The highest BCUT2D eigenvalue weighted by atomic mass is 19.1. The van der Waals surface area contributed by atoms with Crippen LogP contribution in [-0.2, 0) is 22.6 Å². The third-order valence-electron chi connectivity index (χ3n) is 6.11. The van der Waals surface area contributed by atoms with E-state index < -0.39 is 6.10 Å². The summed E-state index contributed by atoms with van der Waals surface area (Å²) in [5.41, 5.74) is 3.29. The molecule has 176 valence electrons. The maximum Gasteiger partial charge on any atom is 0.264 e. The van der Waals surface area contributed by atoms with E-state index in [-0.39, 0.29) is 30.1 Å². The molecule has 0 radical (unpaired) electrons. The summed E-state index contributed by atoms with van der Waals surface area (Å²) in [6, 6.07) is 21.3. The van der Waals surface area contributed by atoms with Crippen molar-refractivity contribution in [2.24, 2.45) is 0 Å². The molecule has 1 aliphatic heterocycles. The number of benzene rings is 3. The first-order chi connectivity index (χ1) is 16.5. The topological polar surface area (TPSA) is 58.6 Å². The number of nitrogens with one attached hydrogen (secondary N) is 1. The number of carbonyl (C=O) groups excluding carboxylic acids is 2. The largest absolute Gasteiger partial charge is 0.480 e. The van der Waals surface area contributed by atoms with E-state index >= 15 is 0 Å². The van der Waals surface area contributed by atoms with E-state index in [1.165, 1.54) is 12.1 Å². The van der Waals surface area contributed by atoms with Crippen LogP contribution >= 0.6 is 0 Å². The van der Waals surface area contributed by atoms with Crippen molar-refractivity contribution in [3.8, 4) is 5.75 Å². The molecule has 0 aliphatic carbocycles. The van der Waals surface area contributed by atoms with Crippen LogP contribution in [0.15, 0.2) is 72.8 Å². The van der Waals surface area contributed by atoms with Gasteiger partial charge in [-0.15, -0.1) is 0 Å². The molecule has 6 heteroatoms. The Balaban J connectivity index is 1.58. The Morgan fingerprint density at radius 3 is 2.50 bits per heavy atom. The second-order valence-electron chi connectivity index (χ2n) is 8.49. The van der Waals surface area contributed by atoms with Gasteiger partial charge in [-0.3, -0.25) is 9.59 Å². The number of nitrogens with zero attached hydrogens (tertiary/aromatic N) is 1. The first-order valence-electron chi connectivity index (χ1n) is 11.7. The van der Waals surface area contributed by atoms with Crippen molar-refractivity contribution in [2.45, 2.75) is 51.8 Å². The molecule has 0 unspecified atom stereocenters. The number of ether oxygens (including phenoxy) is 1. The molecule has 0 bridgehead atoms. The first-order valence-corrected chi connectivity index (χ1v) is 11.7. The van der Waals surface area contributed by atoms with Crippen LogP contribution < -0.4 is 10.1 Å². The minimum absolute atomic E-state index is 0.0312. The maximum absolute atomic E-state index is 13.4. The molecule has 0 aromatic heterocycles. The smallest absolute Gasteiger partial charge is 0.264 e. The quantitative estimate of drug-likeness (QED) is 0.495. The normalized spacial score (nSPS) is 16.3. The standard InChI is InChI=1S/C28H29FN2O3/c1-3-24(20-8-6-5-7-9-20)31-18-21-17-23(14-15-26(21)34-25(4-2)28(31)33)30-27(32)16-19-10-12-22(29)13-11-19/h5-15,17,24-25H,3-4,16,18H2,1-2H3,(H,30,32)/t24-,25+/m1/s1. The van der Waals surface area contributed by atoms with Crippen LogP contribution in [0.25, 0.3) is 0 Å². The van der Waals surface area contributed by atoms with Crippen molar-refractivity contribution in [1.29, 1.82) is 0 Å². The van der Waals surface area contributed by atoms with Crippen LogP contribution in [0, 0.1) is 5.82 Å². The zero-order chi connectivity index (χ0) is 24.1.